The first-order valence-corrected chi connectivity index (χ1v) is 6.40. The Morgan fingerprint density at radius 1 is 1.37 bits per heavy atom. The first-order valence-electron chi connectivity index (χ1n) is 6.40. The third kappa shape index (κ3) is 6.79. The number of carbonyl (C=O) groups is 1. The number of nitrogens with one attached hydrogen (secondary N) is 1. The summed E-state index contributed by atoms with van der Waals surface area (Å²) in [6.45, 7) is 3.32. The Labute approximate surface area is 114 Å². The van der Waals surface area contributed by atoms with Crippen LogP contribution in [0.3, 0.4) is 0 Å². The number of hydrogen-bond acceptors (Lipinski definition) is 4. The van der Waals surface area contributed by atoms with Gasteiger partial charge in [-0.25, -0.2) is 0 Å². The summed E-state index contributed by atoms with van der Waals surface area (Å²) in [5, 5.41) is 2.79. The molecular formula is C14H23N3O2. The summed E-state index contributed by atoms with van der Waals surface area (Å²) in [6, 6.07) is 7.20. The fourth-order valence-electron chi connectivity index (χ4n) is 1.49. The quantitative estimate of drug-likeness (QED) is 0.780. The molecule has 5 nitrogen and oxygen atoms in total. The first-order chi connectivity index (χ1) is 8.97. The van der Waals surface area contributed by atoms with Crippen molar-refractivity contribution in [3.63, 3.8) is 0 Å². The average Bonchev–Trinajstić information content (AvgIpc) is 2.29. The molecule has 106 valence electrons. The zero-order valence-corrected chi connectivity index (χ0v) is 11.8. The highest BCUT2D eigenvalue weighted by atomic mass is 16.5. The Bertz CT molecular complexity index is 388. The molecule has 0 spiro atoms. The van der Waals surface area contributed by atoms with Crippen molar-refractivity contribution in [1.82, 2.24) is 4.90 Å². The summed E-state index contributed by atoms with van der Waals surface area (Å²) < 4.78 is 5.57. The summed E-state index contributed by atoms with van der Waals surface area (Å²) in [5.41, 5.74) is 6.32. The van der Waals surface area contributed by atoms with Crippen LogP contribution >= 0.6 is 0 Å². The van der Waals surface area contributed by atoms with Crippen molar-refractivity contribution in [2.45, 2.75) is 19.4 Å². The van der Waals surface area contributed by atoms with Crippen LogP contribution < -0.4 is 15.8 Å². The first kappa shape index (κ1) is 15.5. The minimum absolute atomic E-state index is 0.0729. The number of benzene rings is 1. The molecule has 0 saturated carbocycles. The van der Waals surface area contributed by atoms with Gasteiger partial charge in [0.25, 0.3) is 0 Å². The molecule has 19 heavy (non-hydrogen) atoms. The molecule has 0 heterocycles. The molecule has 0 aliphatic rings. The van der Waals surface area contributed by atoms with E-state index in [0.717, 1.165) is 18.0 Å². The van der Waals surface area contributed by atoms with Crippen molar-refractivity contribution >= 4 is 11.6 Å². The standard InChI is InChI=1S/C14H23N3O2/c1-11(15)10-14(18)16-12-4-6-13(7-5-12)19-9-8-17(2)3/h4-7,11H,8-10,15H2,1-3H3,(H,16,18). The third-order valence-electron chi connectivity index (χ3n) is 2.45. The van der Waals surface area contributed by atoms with Gasteiger partial charge < -0.3 is 20.7 Å². The van der Waals surface area contributed by atoms with E-state index in [-0.39, 0.29) is 11.9 Å². The molecule has 1 aromatic carbocycles. The number of hydrogen-bond donors (Lipinski definition) is 2. The number of nitrogens with zero attached hydrogens (tertiary/aromatic N) is 1. The lowest BCUT2D eigenvalue weighted by Crippen LogP contribution is -2.23. The van der Waals surface area contributed by atoms with Gasteiger partial charge in [0.15, 0.2) is 0 Å². The van der Waals surface area contributed by atoms with Gasteiger partial charge in [-0.05, 0) is 45.3 Å². The minimum atomic E-state index is -0.131. The third-order valence-corrected chi connectivity index (χ3v) is 2.45. The van der Waals surface area contributed by atoms with E-state index in [4.69, 9.17) is 10.5 Å². The van der Waals surface area contributed by atoms with E-state index in [0.29, 0.717) is 13.0 Å². The fraction of sp³-hybridized carbons (Fsp3) is 0.500. The van der Waals surface area contributed by atoms with Crippen LogP contribution in [-0.4, -0.2) is 44.1 Å². The van der Waals surface area contributed by atoms with Crippen LogP contribution in [0.5, 0.6) is 5.75 Å². The SMILES string of the molecule is CC(N)CC(=O)Nc1ccc(OCCN(C)C)cc1. The van der Waals surface area contributed by atoms with E-state index in [1.165, 1.54) is 0 Å². The lowest BCUT2D eigenvalue weighted by molar-refractivity contribution is -0.116. The number of rotatable bonds is 7. The van der Waals surface area contributed by atoms with Gasteiger partial charge in [-0.1, -0.05) is 0 Å². The second kappa shape index (κ2) is 7.76. The van der Waals surface area contributed by atoms with Crippen molar-refractivity contribution < 1.29 is 9.53 Å². The highest BCUT2D eigenvalue weighted by Gasteiger charge is 2.05. The highest BCUT2D eigenvalue weighted by molar-refractivity contribution is 5.91. The molecule has 0 fully saturated rings. The van der Waals surface area contributed by atoms with Gasteiger partial charge in [-0.2, -0.15) is 0 Å². The number of nitrogens with two attached hydrogens (primary N) is 1. The maximum Gasteiger partial charge on any atom is 0.225 e. The number of ether oxygens (including phenoxy) is 1. The average molecular weight is 265 g/mol. The molecule has 0 bridgehead atoms. The molecule has 0 aromatic heterocycles. The van der Waals surface area contributed by atoms with E-state index in [1.54, 1.807) is 6.92 Å². The van der Waals surface area contributed by atoms with Gasteiger partial charge in [-0.3, -0.25) is 4.79 Å². The minimum Gasteiger partial charge on any atom is -0.492 e. The normalized spacial score (nSPS) is 12.3. The van der Waals surface area contributed by atoms with Gasteiger partial charge in [-0.15, -0.1) is 0 Å². The fourth-order valence-corrected chi connectivity index (χ4v) is 1.49. The maximum atomic E-state index is 11.5. The van der Waals surface area contributed by atoms with E-state index in [1.807, 2.05) is 38.4 Å². The van der Waals surface area contributed by atoms with E-state index in [9.17, 15) is 4.79 Å². The predicted octanol–water partition coefficient (Wildman–Crippen LogP) is 1.30. The van der Waals surface area contributed by atoms with Crippen LogP contribution in [0.25, 0.3) is 0 Å². The summed E-state index contributed by atoms with van der Waals surface area (Å²) in [4.78, 5) is 13.6. The van der Waals surface area contributed by atoms with E-state index >= 15 is 0 Å². The van der Waals surface area contributed by atoms with Crippen molar-refractivity contribution in [3.05, 3.63) is 24.3 Å². The van der Waals surface area contributed by atoms with Gasteiger partial charge in [0, 0.05) is 24.7 Å². The molecule has 0 aliphatic heterocycles. The Balaban J connectivity index is 2.41. The second-order valence-electron chi connectivity index (χ2n) is 4.91. The van der Waals surface area contributed by atoms with Gasteiger partial charge in [0.05, 0.1) is 0 Å². The zero-order chi connectivity index (χ0) is 14.3. The van der Waals surface area contributed by atoms with E-state index < -0.39 is 0 Å². The molecule has 0 radical (unpaired) electrons. The Morgan fingerprint density at radius 3 is 2.53 bits per heavy atom. The Kier molecular flexibility index (Phi) is 6.32. The molecule has 5 heteroatoms. The topological polar surface area (TPSA) is 67.6 Å². The van der Waals surface area contributed by atoms with Crippen molar-refractivity contribution in [3.8, 4) is 5.75 Å². The molecule has 1 unspecified atom stereocenters. The molecule has 1 aromatic rings. The largest absolute Gasteiger partial charge is 0.492 e. The molecule has 0 aliphatic carbocycles. The van der Waals surface area contributed by atoms with Crippen LogP contribution in [0, 0.1) is 0 Å². The Morgan fingerprint density at radius 2 is 2.00 bits per heavy atom. The molecule has 1 amide bonds. The summed E-state index contributed by atoms with van der Waals surface area (Å²) >= 11 is 0. The summed E-state index contributed by atoms with van der Waals surface area (Å²) in [6.07, 6.45) is 0.321. The maximum absolute atomic E-state index is 11.5. The van der Waals surface area contributed by atoms with E-state index in [2.05, 4.69) is 10.2 Å². The van der Waals surface area contributed by atoms with Gasteiger partial charge in [0.1, 0.15) is 12.4 Å². The molecule has 1 rings (SSSR count). The van der Waals surface area contributed by atoms with Crippen molar-refractivity contribution in [2.75, 3.05) is 32.6 Å². The predicted molar refractivity (Wildman–Crippen MR) is 77.4 cm³/mol. The Hall–Kier alpha value is -1.59. The van der Waals surface area contributed by atoms with Crippen LogP contribution in [0.15, 0.2) is 24.3 Å². The van der Waals surface area contributed by atoms with Crippen molar-refractivity contribution in [2.24, 2.45) is 5.73 Å². The summed E-state index contributed by atoms with van der Waals surface area (Å²) in [7, 11) is 4.00. The smallest absolute Gasteiger partial charge is 0.225 e. The van der Waals surface area contributed by atoms with Crippen LogP contribution in [0.2, 0.25) is 0 Å². The zero-order valence-electron chi connectivity index (χ0n) is 11.8. The molecule has 3 N–H and O–H groups in total. The summed E-state index contributed by atoms with van der Waals surface area (Å²) in [5.74, 6) is 0.725. The van der Waals surface area contributed by atoms with Crippen LogP contribution in [0.1, 0.15) is 13.3 Å². The highest BCUT2D eigenvalue weighted by Crippen LogP contribution is 2.15. The van der Waals surface area contributed by atoms with Crippen LogP contribution in [0.4, 0.5) is 5.69 Å². The molecular weight excluding hydrogens is 242 g/mol. The van der Waals surface area contributed by atoms with Gasteiger partial charge >= 0.3 is 0 Å². The number of carbonyl (C=O) groups excluding carboxylic acids is 1. The van der Waals surface area contributed by atoms with Crippen LogP contribution in [-0.2, 0) is 4.79 Å². The van der Waals surface area contributed by atoms with Crippen molar-refractivity contribution in [1.29, 1.82) is 0 Å². The lowest BCUT2D eigenvalue weighted by atomic mass is 10.2. The number of anilines is 1. The number of amides is 1. The molecule has 0 saturated heterocycles. The molecule has 1 atom stereocenters. The second-order valence-corrected chi connectivity index (χ2v) is 4.91. The lowest BCUT2D eigenvalue weighted by Gasteiger charge is -2.11. The van der Waals surface area contributed by atoms with Gasteiger partial charge in [0.2, 0.25) is 5.91 Å². The number of likely N-dealkylation sites (N-methyl/N-ethyl adjacent to an activating group) is 1. The monoisotopic (exact) mass is 265 g/mol.